The summed E-state index contributed by atoms with van der Waals surface area (Å²) in [5, 5.41) is 22.6. The Morgan fingerprint density at radius 2 is 1.50 bits per heavy atom. The molecular formula is C25H29N3O4. The number of aromatic hydroxyl groups is 2. The van der Waals surface area contributed by atoms with Crippen LogP contribution in [-0.2, 0) is 11.3 Å². The molecule has 4 saturated carbocycles. The molecule has 168 valence electrons. The summed E-state index contributed by atoms with van der Waals surface area (Å²) in [7, 11) is 0. The minimum atomic E-state index is -0.347. The second kappa shape index (κ2) is 8.04. The molecule has 7 nitrogen and oxygen atoms in total. The average Bonchev–Trinajstić information content (AvgIpc) is 2.77. The van der Waals surface area contributed by atoms with E-state index in [1.54, 1.807) is 24.3 Å². The molecule has 4 aliphatic rings. The van der Waals surface area contributed by atoms with Gasteiger partial charge >= 0.3 is 0 Å². The first-order chi connectivity index (χ1) is 15.4. The van der Waals surface area contributed by atoms with E-state index in [2.05, 4.69) is 16.2 Å². The molecule has 0 saturated heterocycles. The van der Waals surface area contributed by atoms with Crippen LogP contribution in [0.3, 0.4) is 0 Å². The Labute approximate surface area is 187 Å². The summed E-state index contributed by atoms with van der Waals surface area (Å²) < 4.78 is 0. The summed E-state index contributed by atoms with van der Waals surface area (Å²) in [6.45, 7) is 0.326. The van der Waals surface area contributed by atoms with Gasteiger partial charge in [0.15, 0.2) is 0 Å². The molecule has 0 unspecified atom stereocenters. The number of phenols is 2. The zero-order valence-electron chi connectivity index (χ0n) is 17.9. The maximum atomic E-state index is 13.0. The van der Waals surface area contributed by atoms with Gasteiger partial charge in [-0.1, -0.05) is 0 Å². The maximum Gasteiger partial charge on any atom is 0.269 e. The van der Waals surface area contributed by atoms with E-state index in [0.717, 1.165) is 24.9 Å². The Kier molecular flexibility index (Phi) is 5.19. The van der Waals surface area contributed by atoms with Gasteiger partial charge in [0.05, 0.1) is 5.41 Å². The Hall–Kier alpha value is -3.22. The fraction of sp³-hybridized carbons (Fsp3) is 0.440. The molecule has 0 spiro atoms. The Morgan fingerprint density at radius 3 is 2.12 bits per heavy atom. The van der Waals surface area contributed by atoms with E-state index in [4.69, 9.17) is 0 Å². The van der Waals surface area contributed by atoms with Crippen molar-refractivity contribution in [2.24, 2.45) is 23.2 Å². The Balaban J connectivity index is 1.15. The van der Waals surface area contributed by atoms with Crippen LogP contribution in [0.4, 0.5) is 5.69 Å². The zero-order valence-corrected chi connectivity index (χ0v) is 17.9. The fourth-order valence-corrected chi connectivity index (χ4v) is 6.36. The van der Waals surface area contributed by atoms with Gasteiger partial charge in [0.25, 0.3) is 5.91 Å². The van der Waals surface area contributed by atoms with Crippen LogP contribution < -0.4 is 16.2 Å². The number of hydrogen-bond acceptors (Lipinski definition) is 5. The lowest BCUT2D eigenvalue weighted by Gasteiger charge is -2.55. The molecule has 5 N–H and O–H groups in total. The van der Waals surface area contributed by atoms with Crippen LogP contribution in [0.2, 0.25) is 0 Å². The van der Waals surface area contributed by atoms with Crippen molar-refractivity contribution < 1.29 is 19.8 Å². The highest BCUT2D eigenvalue weighted by molar-refractivity contribution is 5.96. The van der Waals surface area contributed by atoms with Gasteiger partial charge in [-0.2, -0.15) is 0 Å². The number of phenolic OH excluding ortho intramolecular Hbond substituents is 2. The summed E-state index contributed by atoms with van der Waals surface area (Å²) in [5.41, 5.74) is 6.78. The molecule has 6 rings (SSSR count). The molecule has 4 aliphatic carbocycles. The van der Waals surface area contributed by atoms with Gasteiger partial charge in [-0.25, -0.2) is 0 Å². The largest absolute Gasteiger partial charge is 0.508 e. The first kappa shape index (κ1) is 20.7. The minimum absolute atomic E-state index is 0.0332. The molecule has 0 aliphatic heterocycles. The minimum Gasteiger partial charge on any atom is -0.508 e. The predicted molar refractivity (Wildman–Crippen MR) is 120 cm³/mol. The van der Waals surface area contributed by atoms with E-state index in [1.165, 1.54) is 37.5 Å². The van der Waals surface area contributed by atoms with Gasteiger partial charge in [-0.15, -0.1) is 0 Å². The van der Waals surface area contributed by atoms with E-state index >= 15 is 0 Å². The van der Waals surface area contributed by atoms with Crippen molar-refractivity contribution in [1.29, 1.82) is 0 Å². The van der Waals surface area contributed by atoms with E-state index in [0.29, 0.717) is 35.4 Å². The SMILES string of the molecule is O=C(NNC(=O)C12CC3CC(CC(C3)C1)C2)c1ccc(NCc2cc(O)ccc2O)cc1. The number of anilines is 1. The average molecular weight is 436 g/mol. The summed E-state index contributed by atoms with van der Waals surface area (Å²) in [6.07, 6.45) is 6.67. The normalized spacial score (nSPS) is 27.7. The fourth-order valence-electron chi connectivity index (χ4n) is 6.36. The van der Waals surface area contributed by atoms with Crippen LogP contribution in [-0.4, -0.2) is 22.0 Å². The van der Waals surface area contributed by atoms with Gasteiger partial charge in [0, 0.05) is 23.4 Å². The van der Waals surface area contributed by atoms with E-state index in [9.17, 15) is 19.8 Å². The molecule has 4 bridgehead atoms. The van der Waals surface area contributed by atoms with Crippen LogP contribution in [0.15, 0.2) is 42.5 Å². The van der Waals surface area contributed by atoms with Crippen LogP contribution in [0, 0.1) is 23.2 Å². The smallest absolute Gasteiger partial charge is 0.269 e. The monoisotopic (exact) mass is 435 g/mol. The third-order valence-corrected chi connectivity index (χ3v) is 7.50. The number of carbonyl (C=O) groups is 2. The first-order valence-corrected chi connectivity index (χ1v) is 11.4. The van der Waals surface area contributed by atoms with E-state index in [-0.39, 0.29) is 28.7 Å². The second-order valence-corrected chi connectivity index (χ2v) is 9.85. The zero-order chi connectivity index (χ0) is 22.3. The first-order valence-electron chi connectivity index (χ1n) is 11.4. The highest BCUT2D eigenvalue weighted by Gasteiger charge is 2.54. The lowest BCUT2D eigenvalue weighted by molar-refractivity contribution is -0.147. The number of carbonyl (C=O) groups excluding carboxylic acids is 2. The third kappa shape index (κ3) is 3.99. The molecule has 32 heavy (non-hydrogen) atoms. The van der Waals surface area contributed by atoms with Crippen molar-refractivity contribution in [1.82, 2.24) is 10.9 Å². The number of rotatable bonds is 5. The number of benzene rings is 2. The van der Waals surface area contributed by atoms with Gasteiger partial charge < -0.3 is 15.5 Å². The molecule has 0 radical (unpaired) electrons. The van der Waals surface area contributed by atoms with Crippen LogP contribution in [0.1, 0.15) is 54.4 Å². The standard InChI is InChI=1S/C25H29N3O4/c29-21-5-6-22(30)19(10-21)14-26-20-3-1-18(2-4-20)23(31)27-28-24(32)25-11-15-7-16(12-25)9-17(8-15)13-25/h1-6,10,15-17,26,29-30H,7-9,11-14H2,(H,27,31)(H,28,32). The van der Waals surface area contributed by atoms with Crippen molar-refractivity contribution in [3.63, 3.8) is 0 Å². The second-order valence-electron chi connectivity index (χ2n) is 9.85. The van der Waals surface area contributed by atoms with E-state index in [1.807, 2.05) is 0 Å². The van der Waals surface area contributed by atoms with Crippen molar-refractivity contribution in [2.45, 2.75) is 45.1 Å². The molecule has 7 heteroatoms. The summed E-state index contributed by atoms with van der Waals surface area (Å²) in [6, 6.07) is 11.2. The van der Waals surface area contributed by atoms with Crippen molar-refractivity contribution in [3.8, 4) is 11.5 Å². The highest BCUT2D eigenvalue weighted by atomic mass is 16.3. The van der Waals surface area contributed by atoms with Crippen molar-refractivity contribution in [2.75, 3.05) is 5.32 Å². The molecule has 0 heterocycles. The maximum absolute atomic E-state index is 13.0. The number of hydrazine groups is 1. The molecular weight excluding hydrogens is 406 g/mol. The lowest BCUT2D eigenvalue weighted by Crippen LogP contribution is -2.56. The lowest BCUT2D eigenvalue weighted by atomic mass is 9.49. The van der Waals surface area contributed by atoms with Crippen LogP contribution in [0.5, 0.6) is 11.5 Å². The number of amides is 2. The van der Waals surface area contributed by atoms with Gasteiger partial charge in [0.1, 0.15) is 11.5 Å². The van der Waals surface area contributed by atoms with Gasteiger partial charge in [-0.3, -0.25) is 20.4 Å². The third-order valence-electron chi connectivity index (χ3n) is 7.50. The molecule has 2 amide bonds. The molecule has 4 fully saturated rings. The van der Waals surface area contributed by atoms with Crippen LogP contribution >= 0.6 is 0 Å². The van der Waals surface area contributed by atoms with Gasteiger partial charge in [-0.05, 0) is 98.7 Å². The summed E-state index contributed by atoms with van der Waals surface area (Å²) in [4.78, 5) is 25.5. The van der Waals surface area contributed by atoms with E-state index < -0.39 is 0 Å². The van der Waals surface area contributed by atoms with Crippen molar-refractivity contribution >= 4 is 17.5 Å². The topological polar surface area (TPSA) is 111 Å². The predicted octanol–water partition coefficient (Wildman–Crippen LogP) is 3.69. The number of hydrogen-bond donors (Lipinski definition) is 5. The van der Waals surface area contributed by atoms with Crippen LogP contribution in [0.25, 0.3) is 0 Å². The molecule has 0 aromatic heterocycles. The summed E-state index contributed by atoms with van der Waals surface area (Å²) >= 11 is 0. The molecule has 2 aromatic carbocycles. The summed E-state index contributed by atoms with van der Waals surface area (Å²) in [5.74, 6) is 1.82. The quantitative estimate of drug-likeness (QED) is 0.363. The van der Waals surface area contributed by atoms with Gasteiger partial charge in [0.2, 0.25) is 5.91 Å². The van der Waals surface area contributed by atoms with Crippen molar-refractivity contribution in [3.05, 3.63) is 53.6 Å². The highest BCUT2D eigenvalue weighted by Crippen LogP contribution is 2.60. The Bertz CT molecular complexity index is 999. The molecule has 2 aromatic rings. The molecule has 0 atom stereocenters. The number of nitrogens with one attached hydrogen (secondary N) is 3. The Morgan fingerprint density at radius 1 is 0.875 bits per heavy atom.